The first-order valence-electron chi connectivity index (χ1n) is 3.99. The van der Waals surface area contributed by atoms with Gasteiger partial charge in [-0.15, -0.1) is 0 Å². The summed E-state index contributed by atoms with van der Waals surface area (Å²) in [7, 11) is 0. The second-order valence-corrected chi connectivity index (χ2v) is 3.04. The van der Waals surface area contributed by atoms with Crippen molar-refractivity contribution in [3.05, 3.63) is 35.5 Å². The number of carboxylic acids is 1. The number of H-pyrrole nitrogens is 1. The first-order valence-corrected chi connectivity index (χ1v) is 3.99. The van der Waals surface area contributed by atoms with E-state index in [2.05, 4.69) is 4.98 Å². The molecule has 3 nitrogen and oxygen atoms in total. The van der Waals surface area contributed by atoms with Crippen LogP contribution in [0.15, 0.2) is 24.4 Å². The largest absolute Gasteiger partial charge is 0.478 e. The van der Waals surface area contributed by atoms with Crippen molar-refractivity contribution in [2.24, 2.45) is 0 Å². The summed E-state index contributed by atoms with van der Waals surface area (Å²) in [5.41, 5.74) is 2.12. The minimum absolute atomic E-state index is 0.368. The Bertz CT molecular complexity index is 471. The molecule has 13 heavy (non-hydrogen) atoms. The standard InChI is InChI=1S/C10H9NO2/c1-6-4-9-7(2-3-11-9)5-8(6)10(12)13/h2-5,11H,1H3,(H,12,13). The molecule has 0 atom stereocenters. The average molecular weight is 175 g/mol. The lowest BCUT2D eigenvalue weighted by Gasteiger charge is -2.00. The zero-order chi connectivity index (χ0) is 9.42. The van der Waals surface area contributed by atoms with Gasteiger partial charge in [0.15, 0.2) is 0 Å². The fourth-order valence-electron chi connectivity index (χ4n) is 1.44. The minimum Gasteiger partial charge on any atom is -0.478 e. The molecule has 66 valence electrons. The molecule has 0 fully saturated rings. The fraction of sp³-hybridized carbons (Fsp3) is 0.100. The van der Waals surface area contributed by atoms with Gasteiger partial charge in [0.25, 0.3) is 0 Å². The maximum Gasteiger partial charge on any atom is 0.335 e. The Morgan fingerprint density at radius 2 is 2.23 bits per heavy atom. The summed E-state index contributed by atoms with van der Waals surface area (Å²) in [6.45, 7) is 1.80. The molecule has 0 unspecified atom stereocenters. The van der Waals surface area contributed by atoms with Gasteiger partial charge in [0.05, 0.1) is 5.56 Å². The van der Waals surface area contributed by atoms with Gasteiger partial charge in [-0.05, 0) is 30.7 Å². The summed E-state index contributed by atoms with van der Waals surface area (Å²) in [6, 6.07) is 5.39. The quantitative estimate of drug-likeness (QED) is 0.697. The molecule has 1 aromatic heterocycles. The smallest absolute Gasteiger partial charge is 0.335 e. The zero-order valence-corrected chi connectivity index (χ0v) is 7.16. The van der Waals surface area contributed by atoms with Gasteiger partial charge < -0.3 is 10.1 Å². The number of aromatic nitrogens is 1. The topological polar surface area (TPSA) is 53.1 Å². The van der Waals surface area contributed by atoms with E-state index in [1.165, 1.54) is 0 Å². The van der Waals surface area contributed by atoms with Gasteiger partial charge >= 0.3 is 5.97 Å². The Morgan fingerprint density at radius 3 is 2.92 bits per heavy atom. The maximum atomic E-state index is 10.8. The molecular weight excluding hydrogens is 166 g/mol. The molecule has 2 rings (SSSR count). The number of carboxylic acid groups (broad SMARTS) is 1. The third-order valence-corrected chi connectivity index (χ3v) is 2.13. The highest BCUT2D eigenvalue weighted by atomic mass is 16.4. The van der Waals surface area contributed by atoms with E-state index in [0.717, 1.165) is 16.5 Å². The number of hydrogen-bond acceptors (Lipinski definition) is 1. The summed E-state index contributed by atoms with van der Waals surface area (Å²) in [6.07, 6.45) is 1.80. The van der Waals surface area contributed by atoms with Crippen molar-refractivity contribution in [1.29, 1.82) is 0 Å². The van der Waals surface area contributed by atoms with Gasteiger partial charge in [0.1, 0.15) is 0 Å². The SMILES string of the molecule is Cc1cc2[nH]ccc2cc1C(=O)O. The number of nitrogens with one attached hydrogen (secondary N) is 1. The molecule has 0 spiro atoms. The Kier molecular flexibility index (Phi) is 1.59. The lowest BCUT2D eigenvalue weighted by molar-refractivity contribution is 0.0696. The lowest BCUT2D eigenvalue weighted by atomic mass is 10.1. The molecule has 0 saturated heterocycles. The van der Waals surface area contributed by atoms with Crippen LogP contribution in [0.5, 0.6) is 0 Å². The molecule has 0 aliphatic carbocycles. The monoisotopic (exact) mass is 175 g/mol. The molecule has 1 aromatic carbocycles. The Labute approximate surface area is 75.0 Å². The van der Waals surface area contributed by atoms with Gasteiger partial charge in [-0.2, -0.15) is 0 Å². The number of hydrogen-bond donors (Lipinski definition) is 2. The van der Waals surface area contributed by atoms with Crippen LogP contribution in [0.3, 0.4) is 0 Å². The van der Waals surface area contributed by atoms with Crippen LogP contribution in [-0.4, -0.2) is 16.1 Å². The molecule has 0 radical (unpaired) electrons. The summed E-state index contributed by atoms with van der Waals surface area (Å²) in [4.78, 5) is 13.8. The number of carbonyl (C=O) groups is 1. The van der Waals surface area contributed by atoms with Crippen LogP contribution < -0.4 is 0 Å². The van der Waals surface area contributed by atoms with Crippen molar-refractivity contribution in [3.8, 4) is 0 Å². The highest BCUT2D eigenvalue weighted by Crippen LogP contribution is 2.18. The Hall–Kier alpha value is -1.77. The molecule has 3 heteroatoms. The van der Waals surface area contributed by atoms with Crippen LogP contribution >= 0.6 is 0 Å². The van der Waals surface area contributed by atoms with Gasteiger partial charge in [0, 0.05) is 17.1 Å². The van der Waals surface area contributed by atoms with Crippen molar-refractivity contribution in [2.45, 2.75) is 6.92 Å². The van der Waals surface area contributed by atoms with E-state index in [0.29, 0.717) is 5.56 Å². The van der Waals surface area contributed by atoms with E-state index in [9.17, 15) is 4.79 Å². The molecular formula is C10H9NO2. The normalized spacial score (nSPS) is 10.5. The van der Waals surface area contributed by atoms with Crippen molar-refractivity contribution in [1.82, 2.24) is 4.98 Å². The number of rotatable bonds is 1. The first kappa shape index (κ1) is 7.86. The van der Waals surface area contributed by atoms with Crippen LogP contribution in [-0.2, 0) is 0 Å². The fourth-order valence-corrected chi connectivity index (χ4v) is 1.44. The molecule has 2 N–H and O–H groups in total. The van der Waals surface area contributed by atoms with E-state index in [-0.39, 0.29) is 0 Å². The molecule has 0 bridgehead atoms. The van der Waals surface area contributed by atoms with Gasteiger partial charge in [-0.25, -0.2) is 4.79 Å². The Morgan fingerprint density at radius 1 is 1.46 bits per heavy atom. The highest BCUT2D eigenvalue weighted by Gasteiger charge is 2.08. The van der Waals surface area contributed by atoms with Crippen molar-refractivity contribution >= 4 is 16.9 Å². The molecule has 1 heterocycles. The summed E-state index contributed by atoms with van der Waals surface area (Å²) >= 11 is 0. The summed E-state index contributed by atoms with van der Waals surface area (Å²) in [5.74, 6) is -0.874. The molecule has 0 aliphatic heterocycles. The average Bonchev–Trinajstić information content (AvgIpc) is 2.48. The van der Waals surface area contributed by atoms with E-state index >= 15 is 0 Å². The summed E-state index contributed by atoms with van der Waals surface area (Å²) in [5, 5.41) is 9.79. The van der Waals surface area contributed by atoms with Crippen molar-refractivity contribution in [2.75, 3.05) is 0 Å². The van der Waals surface area contributed by atoms with Crippen LogP contribution in [0.2, 0.25) is 0 Å². The molecule has 2 aromatic rings. The zero-order valence-electron chi connectivity index (χ0n) is 7.16. The number of aryl methyl sites for hydroxylation is 1. The van der Waals surface area contributed by atoms with Crippen LogP contribution in [0.4, 0.5) is 0 Å². The van der Waals surface area contributed by atoms with E-state index < -0.39 is 5.97 Å². The molecule has 0 saturated carbocycles. The van der Waals surface area contributed by atoms with E-state index in [1.807, 2.05) is 12.1 Å². The predicted molar refractivity (Wildman–Crippen MR) is 50.0 cm³/mol. The van der Waals surface area contributed by atoms with Crippen LogP contribution in [0, 0.1) is 6.92 Å². The van der Waals surface area contributed by atoms with E-state index in [4.69, 9.17) is 5.11 Å². The summed E-state index contributed by atoms with van der Waals surface area (Å²) < 4.78 is 0. The van der Waals surface area contributed by atoms with Crippen LogP contribution in [0.25, 0.3) is 10.9 Å². The predicted octanol–water partition coefficient (Wildman–Crippen LogP) is 2.17. The second-order valence-electron chi connectivity index (χ2n) is 3.04. The second kappa shape index (κ2) is 2.62. The Balaban J connectivity index is 2.76. The maximum absolute atomic E-state index is 10.8. The number of benzene rings is 1. The minimum atomic E-state index is -0.874. The number of aromatic amines is 1. The first-order chi connectivity index (χ1) is 6.18. The third-order valence-electron chi connectivity index (χ3n) is 2.13. The molecule has 0 amide bonds. The lowest BCUT2D eigenvalue weighted by Crippen LogP contribution is -1.98. The van der Waals surface area contributed by atoms with E-state index in [1.54, 1.807) is 19.2 Å². The molecule has 0 aliphatic rings. The van der Waals surface area contributed by atoms with Crippen LogP contribution in [0.1, 0.15) is 15.9 Å². The van der Waals surface area contributed by atoms with Gasteiger partial charge in [0.2, 0.25) is 0 Å². The van der Waals surface area contributed by atoms with Gasteiger partial charge in [-0.1, -0.05) is 0 Å². The number of fused-ring (bicyclic) bond motifs is 1. The van der Waals surface area contributed by atoms with Crippen molar-refractivity contribution < 1.29 is 9.90 Å². The van der Waals surface area contributed by atoms with Gasteiger partial charge in [-0.3, -0.25) is 0 Å². The van der Waals surface area contributed by atoms with Crippen molar-refractivity contribution in [3.63, 3.8) is 0 Å². The number of aromatic carboxylic acids is 1. The third kappa shape index (κ3) is 1.18. The highest BCUT2D eigenvalue weighted by molar-refractivity contribution is 5.95.